The first-order valence-electron chi connectivity index (χ1n) is 5.99. The minimum Gasteiger partial charge on any atom is -0.463 e. The first-order chi connectivity index (χ1) is 8.69. The predicted octanol–water partition coefficient (Wildman–Crippen LogP) is 2.87. The molecule has 7 heteroatoms. The highest BCUT2D eigenvalue weighted by atomic mass is 35.5. The molecule has 1 aromatic rings. The van der Waals surface area contributed by atoms with E-state index in [0.29, 0.717) is 18.6 Å². The molecule has 0 amide bonds. The molecule has 0 radical (unpaired) electrons. The van der Waals surface area contributed by atoms with E-state index in [0.717, 1.165) is 18.6 Å². The van der Waals surface area contributed by atoms with Crippen LogP contribution in [0.1, 0.15) is 26.7 Å². The largest absolute Gasteiger partial charge is 0.463 e. The zero-order chi connectivity index (χ0) is 13.4. The molecule has 5 nitrogen and oxygen atoms in total. The van der Waals surface area contributed by atoms with E-state index in [9.17, 15) is 0 Å². The van der Waals surface area contributed by atoms with E-state index in [1.165, 1.54) is 0 Å². The van der Waals surface area contributed by atoms with Gasteiger partial charge in [-0.05, 0) is 30.7 Å². The maximum Gasteiger partial charge on any atom is 0.322 e. The summed E-state index contributed by atoms with van der Waals surface area (Å²) in [7, 11) is 0. The molecule has 0 fully saturated rings. The summed E-state index contributed by atoms with van der Waals surface area (Å²) in [5.74, 6) is 1.47. The number of nitrogens with zero attached hydrogens (tertiary/aromatic N) is 3. The summed E-state index contributed by atoms with van der Waals surface area (Å²) in [5.41, 5.74) is 0. The van der Waals surface area contributed by atoms with E-state index in [2.05, 4.69) is 33.4 Å². The quantitative estimate of drug-likeness (QED) is 0.794. The van der Waals surface area contributed by atoms with E-state index in [1.807, 2.05) is 6.92 Å². The van der Waals surface area contributed by atoms with Crippen molar-refractivity contribution in [1.82, 2.24) is 15.0 Å². The van der Waals surface area contributed by atoms with Crippen molar-refractivity contribution < 1.29 is 4.74 Å². The van der Waals surface area contributed by atoms with Gasteiger partial charge in [0.25, 0.3) is 0 Å². The molecule has 18 heavy (non-hydrogen) atoms. The lowest BCUT2D eigenvalue weighted by Crippen LogP contribution is -2.23. The number of halogens is 1. The van der Waals surface area contributed by atoms with Gasteiger partial charge in [0.1, 0.15) is 0 Å². The Labute approximate surface area is 117 Å². The summed E-state index contributed by atoms with van der Waals surface area (Å²) in [4.78, 5) is 12.2. The van der Waals surface area contributed by atoms with Crippen molar-refractivity contribution in [3.8, 4) is 6.01 Å². The molecule has 0 spiro atoms. The number of rotatable bonds is 8. The molecule has 0 bridgehead atoms. The van der Waals surface area contributed by atoms with Crippen molar-refractivity contribution in [2.24, 2.45) is 0 Å². The third-order valence-electron chi connectivity index (χ3n) is 2.22. The highest BCUT2D eigenvalue weighted by Crippen LogP contribution is 2.14. The van der Waals surface area contributed by atoms with Crippen molar-refractivity contribution >= 4 is 29.3 Å². The Balaban J connectivity index is 2.71. The lowest BCUT2D eigenvalue weighted by atomic mass is 10.3. The zero-order valence-electron chi connectivity index (χ0n) is 10.9. The van der Waals surface area contributed by atoms with Crippen LogP contribution in [-0.2, 0) is 0 Å². The average molecular weight is 291 g/mol. The molecule has 1 heterocycles. The van der Waals surface area contributed by atoms with E-state index >= 15 is 0 Å². The summed E-state index contributed by atoms with van der Waals surface area (Å²) >= 11 is 7.62. The number of ether oxygens (including phenoxy) is 1. The van der Waals surface area contributed by atoms with Gasteiger partial charge in [0, 0.05) is 11.8 Å². The smallest absolute Gasteiger partial charge is 0.322 e. The zero-order valence-corrected chi connectivity index (χ0v) is 12.5. The maximum absolute atomic E-state index is 5.85. The molecule has 1 atom stereocenters. The van der Waals surface area contributed by atoms with Crippen LogP contribution in [0.25, 0.3) is 0 Å². The number of hydrogen-bond donors (Lipinski definition) is 1. The van der Waals surface area contributed by atoms with Crippen LogP contribution in [0.4, 0.5) is 5.95 Å². The molecule has 0 saturated heterocycles. The van der Waals surface area contributed by atoms with Crippen LogP contribution in [0, 0.1) is 0 Å². The van der Waals surface area contributed by atoms with Crippen LogP contribution in [-0.4, -0.2) is 39.6 Å². The van der Waals surface area contributed by atoms with Crippen molar-refractivity contribution in [2.45, 2.75) is 32.7 Å². The van der Waals surface area contributed by atoms with Crippen LogP contribution in [0.2, 0.25) is 5.28 Å². The van der Waals surface area contributed by atoms with Crippen LogP contribution < -0.4 is 10.1 Å². The number of nitrogens with one attached hydrogen (secondary N) is 1. The second-order valence-electron chi connectivity index (χ2n) is 3.76. The van der Waals surface area contributed by atoms with Gasteiger partial charge in [-0.3, -0.25) is 0 Å². The molecule has 1 N–H and O–H groups in total. The van der Waals surface area contributed by atoms with Gasteiger partial charge in [0.05, 0.1) is 6.61 Å². The van der Waals surface area contributed by atoms with Crippen LogP contribution >= 0.6 is 23.4 Å². The van der Waals surface area contributed by atoms with Crippen molar-refractivity contribution in [1.29, 1.82) is 0 Å². The summed E-state index contributed by atoms with van der Waals surface area (Å²) in [6.07, 6.45) is 3.96. The Morgan fingerprint density at radius 3 is 2.72 bits per heavy atom. The number of aromatic nitrogens is 3. The normalized spacial score (nSPS) is 12.2. The van der Waals surface area contributed by atoms with Gasteiger partial charge in [0.15, 0.2) is 0 Å². The van der Waals surface area contributed by atoms with Crippen LogP contribution in [0.15, 0.2) is 0 Å². The molecule has 1 unspecified atom stereocenters. The molecule has 0 aromatic carbocycles. The molecule has 0 aliphatic heterocycles. The van der Waals surface area contributed by atoms with E-state index in [4.69, 9.17) is 16.3 Å². The lowest BCUT2D eigenvalue weighted by Gasteiger charge is -2.15. The third-order valence-corrected chi connectivity index (χ3v) is 3.12. The average Bonchev–Trinajstić information content (AvgIpc) is 2.35. The molecule has 0 saturated carbocycles. The minimum atomic E-state index is 0.151. The molecule has 1 rings (SSSR count). The Bertz CT molecular complexity index is 367. The first kappa shape index (κ1) is 15.3. The fourth-order valence-corrected chi connectivity index (χ4v) is 2.17. The molecular weight excluding hydrogens is 272 g/mol. The van der Waals surface area contributed by atoms with Gasteiger partial charge in [-0.15, -0.1) is 0 Å². The summed E-state index contributed by atoms with van der Waals surface area (Å²) in [6, 6.07) is 0.593. The summed E-state index contributed by atoms with van der Waals surface area (Å²) in [5, 5.41) is 3.39. The number of anilines is 1. The van der Waals surface area contributed by atoms with E-state index < -0.39 is 0 Å². The number of hydrogen-bond acceptors (Lipinski definition) is 6. The molecule has 1 aromatic heterocycles. The Hall–Kier alpha value is -0.750. The molecule has 0 aliphatic rings. The topological polar surface area (TPSA) is 59.9 Å². The van der Waals surface area contributed by atoms with Crippen molar-refractivity contribution in [2.75, 3.05) is 23.9 Å². The highest BCUT2D eigenvalue weighted by Gasteiger charge is 2.10. The summed E-state index contributed by atoms with van der Waals surface area (Å²) < 4.78 is 5.36. The van der Waals surface area contributed by atoms with Gasteiger partial charge in [-0.25, -0.2) is 0 Å². The van der Waals surface area contributed by atoms with Gasteiger partial charge in [-0.1, -0.05) is 13.8 Å². The van der Waals surface area contributed by atoms with E-state index in [-0.39, 0.29) is 11.3 Å². The van der Waals surface area contributed by atoms with Crippen LogP contribution in [0.5, 0.6) is 6.01 Å². The van der Waals surface area contributed by atoms with Crippen molar-refractivity contribution in [3.05, 3.63) is 5.28 Å². The standard InChI is InChI=1S/C11H19ClN4OS/c1-4-6-17-11-15-9(12)14-10(16-11)13-8(5-2)7-18-3/h8H,4-7H2,1-3H3,(H,13,14,15,16). The molecule has 102 valence electrons. The Morgan fingerprint density at radius 1 is 1.33 bits per heavy atom. The predicted molar refractivity (Wildman–Crippen MR) is 76.7 cm³/mol. The molecule has 0 aliphatic carbocycles. The SMILES string of the molecule is CCCOc1nc(Cl)nc(NC(CC)CSC)n1. The fourth-order valence-electron chi connectivity index (χ4n) is 1.30. The maximum atomic E-state index is 5.85. The van der Waals surface area contributed by atoms with Gasteiger partial charge in [-0.2, -0.15) is 26.7 Å². The lowest BCUT2D eigenvalue weighted by molar-refractivity contribution is 0.291. The van der Waals surface area contributed by atoms with Gasteiger partial charge < -0.3 is 10.1 Å². The fraction of sp³-hybridized carbons (Fsp3) is 0.727. The van der Waals surface area contributed by atoms with Crippen molar-refractivity contribution in [3.63, 3.8) is 0 Å². The Morgan fingerprint density at radius 2 is 2.11 bits per heavy atom. The van der Waals surface area contributed by atoms with E-state index in [1.54, 1.807) is 11.8 Å². The highest BCUT2D eigenvalue weighted by molar-refractivity contribution is 7.98. The minimum absolute atomic E-state index is 0.151. The Kier molecular flexibility index (Phi) is 7.12. The summed E-state index contributed by atoms with van der Waals surface area (Å²) in [6.45, 7) is 4.71. The van der Waals surface area contributed by atoms with Gasteiger partial charge in [0.2, 0.25) is 11.2 Å². The van der Waals surface area contributed by atoms with Crippen LogP contribution in [0.3, 0.4) is 0 Å². The molecular formula is C11H19ClN4OS. The monoisotopic (exact) mass is 290 g/mol. The first-order valence-corrected chi connectivity index (χ1v) is 7.76. The second kappa shape index (κ2) is 8.37. The number of thioether (sulfide) groups is 1. The second-order valence-corrected chi connectivity index (χ2v) is 5.01. The third kappa shape index (κ3) is 5.27. The van der Waals surface area contributed by atoms with Gasteiger partial charge >= 0.3 is 6.01 Å².